The minimum atomic E-state index is -4.47. The number of anilines is 1. The molecule has 3 rings (SSSR count). The number of aryl methyl sites for hydroxylation is 1. The van der Waals surface area contributed by atoms with Crippen LogP contribution in [-0.2, 0) is 19.3 Å². The fraction of sp³-hybridized carbons (Fsp3) is 0.222. The monoisotopic (exact) mass is 391 g/mol. The fourth-order valence-corrected chi connectivity index (χ4v) is 2.40. The molecule has 0 saturated heterocycles. The van der Waals surface area contributed by atoms with Crippen molar-refractivity contribution in [3.8, 4) is 5.75 Å². The van der Waals surface area contributed by atoms with Crippen LogP contribution < -0.4 is 10.1 Å². The number of benzene rings is 2. The molecule has 1 amide bonds. The number of hydrogen-bond acceptors (Lipinski definition) is 5. The Morgan fingerprint density at radius 1 is 1.18 bits per heavy atom. The Morgan fingerprint density at radius 3 is 2.61 bits per heavy atom. The number of ether oxygens (including phenoxy) is 1. The maximum atomic E-state index is 12.8. The second-order valence-corrected chi connectivity index (χ2v) is 5.76. The highest BCUT2D eigenvalue weighted by atomic mass is 19.4. The van der Waals surface area contributed by atoms with Crippen molar-refractivity contribution >= 4 is 11.6 Å². The van der Waals surface area contributed by atoms with Crippen molar-refractivity contribution in [3.05, 3.63) is 65.5 Å². The van der Waals surface area contributed by atoms with Crippen LogP contribution in [0.5, 0.6) is 5.75 Å². The summed E-state index contributed by atoms with van der Waals surface area (Å²) in [5, 5.41) is 13.7. The highest BCUT2D eigenvalue weighted by Gasteiger charge is 2.30. The van der Waals surface area contributed by atoms with Gasteiger partial charge in [-0.25, -0.2) is 4.68 Å². The van der Waals surface area contributed by atoms with Crippen LogP contribution in [0.2, 0.25) is 0 Å². The van der Waals surface area contributed by atoms with Crippen LogP contribution in [0.25, 0.3) is 0 Å². The Bertz CT molecular complexity index is 954. The van der Waals surface area contributed by atoms with Crippen molar-refractivity contribution in [1.82, 2.24) is 20.2 Å². The van der Waals surface area contributed by atoms with Gasteiger partial charge in [0.1, 0.15) is 12.4 Å². The predicted octanol–water partition coefficient (Wildman–Crippen LogP) is 3.54. The zero-order valence-corrected chi connectivity index (χ0v) is 14.8. The number of alkyl halides is 3. The second-order valence-electron chi connectivity index (χ2n) is 5.76. The molecule has 0 fully saturated rings. The first-order chi connectivity index (χ1) is 13.4. The van der Waals surface area contributed by atoms with Crippen LogP contribution in [0, 0.1) is 0 Å². The number of nitrogens with zero attached hydrogens (tertiary/aromatic N) is 4. The lowest BCUT2D eigenvalue weighted by Crippen LogP contribution is -2.13. The molecule has 0 aliphatic carbocycles. The average molecular weight is 391 g/mol. The van der Waals surface area contributed by atoms with Gasteiger partial charge in [-0.05, 0) is 59.8 Å². The smallest absolute Gasteiger partial charge is 0.416 e. The maximum absolute atomic E-state index is 12.8. The van der Waals surface area contributed by atoms with Crippen molar-refractivity contribution < 1.29 is 22.7 Å². The average Bonchev–Trinajstić information content (AvgIpc) is 3.14. The Kier molecular flexibility index (Phi) is 5.57. The van der Waals surface area contributed by atoms with Gasteiger partial charge in [0.05, 0.1) is 5.56 Å². The van der Waals surface area contributed by atoms with E-state index in [9.17, 15) is 18.0 Å². The lowest BCUT2D eigenvalue weighted by atomic mass is 10.1. The summed E-state index contributed by atoms with van der Waals surface area (Å²) in [7, 11) is 0. The molecule has 0 bridgehead atoms. The van der Waals surface area contributed by atoms with Crippen LogP contribution in [0.15, 0.2) is 48.5 Å². The summed E-state index contributed by atoms with van der Waals surface area (Å²) in [4.78, 5) is 12.3. The molecule has 0 unspecified atom stereocenters. The Balaban J connectivity index is 1.62. The quantitative estimate of drug-likeness (QED) is 0.695. The molecular weight excluding hydrogens is 375 g/mol. The Hall–Kier alpha value is -3.43. The molecule has 0 spiro atoms. The number of rotatable bonds is 6. The largest absolute Gasteiger partial charge is 0.486 e. The number of hydrogen-bond donors (Lipinski definition) is 1. The van der Waals surface area contributed by atoms with Crippen LogP contribution in [0.1, 0.15) is 28.7 Å². The van der Waals surface area contributed by atoms with E-state index < -0.39 is 17.6 Å². The molecule has 3 aromatic rings. The number of amides is 1. The molecule has 1 heterocycles. The lowest BCUT2D eigenvalue weighted by molar-refractivity contribution is -0.137. The molecule has 0 aliphatic rings. The molecular formula is C18H16F3N5O2. The summed E-state index contributed by atoms with van der Waals surface area (Å²) in [6.07, 6.45) is -4.47. The van der Waals surface area contributed by atoms with Gasteiger partial charge in [0.2, 0.25) is 0 Å². The van der Waals surface area contributed by atoms with E-state index in [0.717, 1.165) is 12.1 Å². The number of nitrogens with one attached hydrogen (secondary N) is 1. The van der Waals surface area contributed by atoms with Crippen LogP contribution in [0.4, 0.5) is 18.9 Å². The summed E-state index contributed by atoms with van der Waals surface area (Å²) < 4.78 is 45.4. The lowest BCUT2D eigenvalue weighted by Gasteiger charge is -2.10. The zero-order valence-electron chi connectivity index (χ0n) is 14.8. The molecule has 0 saturated carbocycles. The van der Waals surface area contributed by atoms with Gasteiger partial charge in [-0.2, -0.15) is 13.2 Å². The summed E-state index contributed by atoms with van der Waals surface area (Å²) in [5.41, 5.74) is -0.488. The summed E-state index contributed by atoms with van der Waals surface area (Å²) >= 11 is 0. The van der Waals surface area contributed by atoms with E-state index in [4.69, 9.17) is 4.74 Å². The van der Waals surface area contributed by atoms with Gasteiger partial charge < -0.3 is 10.1 Å². The fourth-order valence-electron chi connectivity index (χ4n) is 2.40. The van der Waals surface area contributed by atoms with Gasteiger partial charge in [-0.15, -0.1) is 5.10 Å². The molecule has 1 aromatic heterocycles. The van der Waals surface area contributed by atoms with E-state index in [1.807, 2.05) is 6.92 Å². The number of tetrazole rings is 1. The normalized spacial score (nSPS) is 11.3. The molecule has 2 aromatic carbocycles. The van der Waals surface area contributed by atoms with Crippen molar-refractivity contribution in [1.29, 1.82) is 0 Å². The first-order valence-electron chi connectivity index (χ1n) is 8.33. The summed E-state index contributed by atoms with van der Waals surface area (Å²) in [6, 6.07) is 10.6. The first-order valence-corrected chi connectivity index (χ1v) is 8.33. The third-order valence-corrected chi connectivity index (χ3v) is 3.84. The van der Waals surface area contributed by atoms with Crippen LogP contribution >= 0.6 is 0 Å². The maximum Gasteiger partial charge on any atom is 0.416 e. The van der Waals surface area contributed by atoms with Gasteiger partial charge in [0, 0.05) is 17.8 Å². The van der Waals surface area contributed by atoms with Gasteiger partial charge in [0.15, 0.2) is 5.82 Å². The SMILES string of the molecule is CCn1nnnc1COc1ccc(C(=O)Nc2cccc(C(F)(F)F)c2)cc1. The van der Waals surface area contributed by atoms with Crippen molar-refractivity contribution in [2.75, 3.05) is 5.32 Å². The molecule has 1 N–H and O–H groups in total. The third-order valence-electron chi connectivity index (χ3n) is 3.84. The first kappa shape index (κ1) is 19.3. The van der Waals surface area contributed by atoms with Crippen molar-refractivity contribution in [3.63, 3.8) is 0 Å². The highest BCUT2D eigenvalue weighted by Crippen LogP contribution is 2.30. The number of halogens is 3. The van der Waals surface area contributed by atoms with E-state index in [0.29, 0.717) is 18.1 Å². The van der Waals surface area contributed by atoms with Crippen LogP contribution in [0.3, 0.4) is 0 Å². The summed E-state index contributed by atoms with van der Waals surface area (Å²) in [6.45, 7) is 2.68. The van der Waals surface area contributed by atoms with Crippen LogP contribution in [-0.4, -0.2) is 26.1 Å². The predicted molar refractivity (Wildman–Crippen MR) is 93.7 cm³/mol. The minimum absolute atomic E-state index is 0.0616. The molecule has 0 radical (unpaired) electrons. The van der Waals surface area contributed by atoms with Gasteiger partial charge in [-0.1, -0.05) is 6.07 Å². The van der Waals surface area contributed by atoms with E-state index in [2.05, 4.69) is 20.8 Å². The number of carbonyl (C=O) groups excluding carboxylic acids is 1. The minimum Gasteiger partial charge on any atom is -0.486 e. The topological polar surface area (TPSA) is 81.9 Å². The Labute approximate surface area is 158 Å². The number of aromatic nitrogens is 4. The van der Waals surface area contributed by atoms with Gasteiger partial charge in [0.25, 0.3) is 5.91 Å². The van der Waals surface area contributed by atoms with Gasteiger partial charge in [-0.3, -0.25) is 4.79 Å². The molecule has 146 valence electrons. The molecule has 0 aliphatic heterocycles. The van der Waals surface area contributed by atoms with Crippen molar-refractivity contribution in [2.45, 2.75) is 26.3 Å². The molecule has 28 heavy (non-hydrogen) atoms. The van der Waals surface area contributed by atoms with E-state index in [1.165, 1.54) is 24.3 Å². The number of carbonyl (C=O) groups is 1. The van der Waals surface area contributed by atoms with E-state index >= 15 is 0 Å². The molecule has 7 nitrogen and oxygen atoms in total. The molecule has 10 heteroatoms. The van der Waals surface area contributed by atoms with Gasteiger partial charge >= 0.3 is 6.18 Å². The van der Waals surface area contributed by atoms with E-state index in [1.54, 1.807) is 16.8 Å². The highest BCUT2D eigenvalue weighted by molar-refractivity contribution is 6.04. The standard InChI is InChI=1S/C18H16F3N5O2/c1-2-26-16(23-24-25-26)11-28-15-8-6-12(7-9-15)17(27)22-14-5-3-4-13(10-14)18(19,20)21/h3-10H,2,11H2,1H3,(H,22,27). The zero-order chi connectivity index (χ0) is 20.1. The van der Waals surface area contributed by atoms with E-state index in [-0.39, 0.29) is 17.9 Å². The van der Waals surface area contributed by atoms with Crippen molar-refractivity contribution in [2.24, 2.45) is 0 Å². The molecule has 0 atom stereocenters. The summed E-state index contributed by atoms with van der Waals surface area (Å²) in [5.74, 6) is 0.538. The Morgan fingerprint density at radius 2 is 1.93 bits per heavy atom. The second kappa shape index (κ2) is 8.07. The third kappa shape index (κ3) is 4.64.